The molecule has 0 aliphatic rings. The van der Waals surface area contributed by atoms with Gasteiger partial charge in [0, 0.05) is 23.5 Å². The maximum atomic E-state index is 12.4. The van der Waals surface area contributed by atoms with E-state index < -0.39 is 0 Å². The van der Waals surface area contributed by atoms with Gasteiger partial charge in [0.05, 0.1) is 17.2 Å². The monoisotopic (exact) mass is 509 g/mol. The van der Waals surface area contributed by atoms with Crippen LogP contribution in [0.25, 0.3) is 0 Å². The molecular formula is C28H32ClN3O4. The maximum absolute atomic E-state index is 12.4. The molecule has 3 aromatic carbocycles. The third-order valence-electron chi connectivity index (χ3n) is 4.94. The second-order valence-corrected chi connectivity index (χ2v) is 9.57. The van der Waals surface area contributed by atoms with Gasteiger partial charge in [0.25, 0.3) is 11.8 Å². The van der Waals surface area contributed by atoms with Crippen LogP contribution in [-0.2, 0) is 11.3 Å². The van der Waals surface area contributed by atoms with E-state index in [1.807, 2.05) is 64.1 Å². The summed E-state index contributed by atoms with van der Waals surface area (Å²) in [6.07, 6.45) is 0. The number of rotatable bonds is 10. The zero-order chi connectivity index (χ0) is 26.1. The number of halogens is 1. The third kappa shape index (κ3) is 8.20. The first-order chi connectivity index (χ1) is 17.1. The third-order valence-corrected chi connectivity index (χ3v) is 5.27. The smallest absolute Gasteiger partial charge is 0.258 e. The SMILES string of the molecule is CCOc1cc(CNc2ccc(NC(=O)c3ccccc3Cl)cc2)ccc1OCC(=O)NC(C)(C)C. The molecule has 0 radical (unpaired) electrons. The van der Waals surface area contributed by atoms with E-state index in [1.54, 1.807) is 30.3 Å². The average Bonchev–Trinajstić information content (AvgIpc) is 2.82. The van der Waals surface area contributed by atoms with Crippen LogP contribution in [0.3, 0.4) is 0 Å². The molecule has 0 aliphatic carbocycles. The molecule has 3 aromatic rings. The summed E-state index contributed by atoms with van der Waals surface area (Å²) in [6, 6.07) is 20.0. The van der Waals surface area contributed by atoms with Gasteiger partial charge in [0.15, 0.2) is 18.1 Å². The molecule has 0 unspecified atom stereocenters. The Morgan fingerprint density at radius 3 is 2.25 bits per heavy atom. The Morgan fingerprint density at radius 2 is 1.58 bits per heavy atom. The normalized spacial score (nSPS) is 10.9. The molecule has 0 saturated heterocycles. The van der Waals surface area contributed by atoms with Gasteiger partial charge in [-0.05, 0) is 81.8 Å². The number of carbonyl (C=O) groups excluding carboxylic acids is 2. The highest BCUT2D eigenvalue weighted by Crippen LogP contribution is 2.29. The predicted molar refractivity (Wildman–Crippen MR) is 144 cm³/mol. The average molecular weight is 510 g/mol. The molecule has 0 spiro atoms. The molecule has 0 saturated carbocycles. The van der Waals surface area contributed by atoms with Crippen LogP contribution in [0.15, 0.2) is 66.7 Å². The van der Waals surface area contributed by atoms with Crippen molar-refractivity contribution in [3.63, 3.8) is 0 Å². The van der Waals surface area contributed by atoms with Crippen LogP contribution in [0.4, 0.5) is 11.4 Å². The van der Waals surface area contributed by atoms with Crippen molar-refractivity contribution in [1.29, 1.82) is 0 Å². The molecule has 8 heteroatoms. The van der Waals surface area contributed by atoms with Gasteiger partial charge >= 0.3 is 0 Å². The second kappa shape index (κ2) is 12.3. The van der Waals surface area contributed by atoms with E-state index >= 15 is 0 Å². The van der Waals surface area contributed by atoms with Crippen molar-refractivity contribution in [1.82, 2.24) is 5.32 Å². The Kier molecular flexibility index (Phi) is 9.19. The van der Waals surface area contributed by atoms with E-state index in [1.165, 1.54) is 0 Å². The van der Waals surface area contributed by atoms with Crippen LogP contribution in [0.1, 0.15) is 43.6 Å². The number of anilines is 2. The highest BCUT2D eigenvalue weighted by molar-refractivity contribution is 6.34. The van der Waals surface area contributed by atoms with Gasteiger partial charge in [-0.15, -0.1) is 0 Å². The number of carbonyl (C=O) groups is 2. The predicted octanol–water partition coefficient (Wildman–Crippen LogP) is 5.90. The summed E-state index contributed by atoms with van der Waals surface area (Å²) in [5.74, 6) is 0.645. The first-order valence-electron chi connectivity index (χ1n) is 11.7. The lowest BCUT2D eigenvalue weighted by Gasteiger charge is -2.21. The molecular weight excluding hydrogens is 478 g/mol. The Morgan fingerprint density at radius 1 is 0.889 bits per heavy atom. The minimum Gasteiger partial charge on any atom is -0.490 e. The molecule has 2 amide bonds. The Labute approximate surface area is 217 Å². The number of hydrogen-bond acceptors (Lipinski definition) is 5. The van der Waals surface area contributed by atoms with Gasteiger partial charge in [-0.3, -0.25) is 9.59 Å². The lowest BCUT2D eigenvalue weighted by atomic mass is 10.1. The van der Waals surface area contributed by atoms with Gasteiger partial charge < -0.3 is 25.4 Å². The van der Waals surface area contributed by atoms with Crippen molar-refractivity contribution in [2.75, 3.05) is 23.8 Å². The molecule has 7 nitrogen and oxygen atoms in total. The number of benzene rings is 3. The summed E-state index contributed by atoms with van der Waals surface area (Å²) in [6.45, 7) is 8.59. The van der Waals surface area contributed by atoms with E-state index in [0.29, 0.717) is 40.9 Å². The molecule has 0 bridgehead atoms. The number of nitrogens with one attached hydrogen (secondary N) is 3. The van der Waals surface area contributed by atoms with Crippen molar-refractivity contribution >= 4 is 34.8 Å². The zero-order valence-electron chi connectivity index (χ0n) is 21.0. The van der Waals surface area contributed by atoms with E-state index in [9.17, 15) is 9.59 Å². The summed E-state index contributed by atoms with van der Waals surface area (Å²) in [7, 11) is 0. The minimum absolute atomic E-state index is 0.0890. The zero-order valence-corrected chi connectivity index (χ0v) is 21.7. The van der Waals surface area contributed by atoms with Crippen LogP contribution in [0, 0.1) is 0 Å². The summed E-state index contributed by atoms with van der Waals surface area (Å²) in [5.41, 5.74) is 2.65. The molecule has 0 aromatic heterocycles. The summed E-state index contributed by atoms with van der Waals surface area (Å²) < 4.78 is 11.4. The topological polar surface area (TPSA) is 88.7 Å². The largest absolute Gasteiger partial charge is 0.490 e. The fourth-order valence-corrected chi connectivity index (χ4v) is 3.59. The molecule has 0 atom stereocenters. The van der Waals surface area contributed by atoms with Crippen LogP contribution < -0.4 is 25.4 Å². The van der Waals surface area contributed by atoms with Crippen LogP contribution in [0.5, 0.6) is 11.5 Å². The van der Waals surface area contributed by atoms with E-state index in [0.717, 1.165) is 11.3 Å². The van der Waals surface area contributed by atoms with Crippen LogP contribution in [-0.4, -0.2) is 30.6 Å². The number of ether oxygens (including phenoxy) is 2. The first-order valence-corrected chi connectivity index (χ1v) is 12.1. The number of hydrogen-bond donors (Lipinski definition) is 3. The molecule has 0 aliphatic heterocycles. The van der Waals surface area contributed by atoms with Crippen LogP contribution >= 0.6 is 11.6 Å². The highest BCUT2D eigenvalue weighted by Gasteiger charge is 2.15. The Bertz CT molecular complexity index is 1190. The van der Waals surface area contributed by atoms with Crippen molar-refractivity contribution in [2.24, 2.45) is 0 Å². The molecule has 3 rings (SSSR count). The Hall–Kier alpha value is -3.71. The minimum atomic E-state index is -0.321. The van der Waals surface area contributed by atoms with Gasteiger partial charge in [-0.25, -0.2) is 0 Å². The number of amides is 2. The molecule has 190 valence electrons. The summed E-state index contributed by atoms with van der Waals surface area (Å²) >= 11 is 6.10. The maximum Gasteiger partial charge on any atom is 0.258 e. The fourth-order valence-electron chi connectivity index (χ4n) is 3.37. The van der Waals surface area contributed by atoms with E-state index in [4.69, 9.17) is 21.1 Å². The second-order valence-electron chi connectivity index (χ2n) is 9.17. The van der Waals surface area contributed by atoms with Gasteiger partial charge in [0.2, 0.25) is 0 Å². The molecule has 36 heavy (non-hydrogen) atoms. The quantitative estimate of drug-likeness (QED) is 0.317. The summed E-state index contributed by atoms with van der Waals surface area (Å²) in [4.78, 5) is 24.5. The van der Waals surface area contributed by atoms with Crippen molar-refractivity contribution in [2.45, 2.75) is 39.8 Å². The highest BCUT2D eigenvalue weighted by atomic mass is 35.5. The van der Waals surface area contributed by atoms with Gasteiger partial charge in [0.1, 0.15) is 0 Å². The first kappa shape index (κ1) is 26.9. The van der Waals surface area contributed by atoms with Gasteiger partial charge in [-0.1, -0.05) is 29.8 Å². The lowest BCUT2D eigenvalue weighted by molar-refractivity contribution is -0.124. The molecule has 3 N–H and O–H groups in total. The van der Waals surface area contributed by atoms with Crippen molar-refractivity contribution < 1.29 is 19.1 Å². The van der Waals surface area contributed by atoms with Gasteiger partial charge in [-0.2, -0.15) is 0 Å². The van der Waals surface area contributed by atoms with Crippen molar-refractivity contribution in [3.8, 4) is 11.5 Å². The fraction of sp³-hybridized carbons (Fsp3) is 0.286. The van der Waals surface area contributed by atoms with Crippen molar-refractivity contribution in [3.05, 3.63) is 82.9 Å². The molecule has 0 heterocycles. The van der Waals surface area contributed by atoms with Crippen LogP contribution in [0.2, 0.25) is 5.02 Å². The van der Waals surface area contributed by atoms with E-state index in [2.05, 4.69) is 16.0 Å². The van der Waals surface area contributed by atoms with E-state index in [-0.39, 0.29) is 24.0 Å². The molecule has 0 fully saturated rings. The summed E-state index contributed by atoms with van der Waals surface area (Å²) in [5, 5.41) is 9.48. The lowest BCUT2D eigenvalue weighted by Crippen LogP contribution is -2.43. The Balaban J connectivity index is 1.57. The standard InChI is InChI=1S/C28H32ClN3O4/c1-5-35-25-16-19(10-15-24(25)36-18-26(33)32-28(2,3)4)17-30-20-11-13-21(14-12-20)31-27(34)22-8-6-7-9-23(22)29/h6-16,30H,5,17-18H2,1-4H3,(H,31,34)(H,32,33).